The van der Waals surface area contributed by atoms with Gasteiger partial charge in [0.1, 0.15) is 5.52 Å². The van der Waals surface area contributed by atoms with Crippen molar-refractivity contribution in [3.63, 3.8) is 0 Å². The number of pyridine rings is 1. The summed E-state index contributed by atoms with van der Waals surface area (Å²) in [6, 6.07) is 4.82. The molecule has 0 spiro atoms. The van der Waals surface area contributed by atoms with Gasteiger partial charge in [-0.05, 0) is 37.5 Å². The van der Waals surface area contributed by atoms with Gasteiger partial charge in [-0.2, -0.15) is 4.31 Å². The van der Waals surface area contributed by atoms with Gasteiger partial charge in [0.25, 0.3) is 5.56 Å². The van der Waals surface area contributed by atoms with Crippen molar-refractivity contribution in [1.29, 1.82) is 0 Å². The highest BCUT2D eigenvalue weighted by Crippen LogP contribution is 2.35. The number of sulfonamides is 1. The first-order chi connectivity index (χ1) is 16.2. The molecule has 1 aliphatic carbocycles. The topological polar surface area (TPSA) is 134 Å². The molecule has 3 aromatic rings. The second-order valence-corrected chi connectivity index (χ2v) is 10.6. The van der Waals surface area contributed by atoms with E-state index < -0.39 is 21.7 Å². The highest BCUT2D eigenvalue weighted by Gasteiger charge is 2.38. The Bertz CT molecular complexity index is 1360. The Kier molecular flexibility index (Phi) is 8.47. The van der Waals surface area contributed by atoms with Crippen LogP contribution in [0, 0.1) is 0 Å². The summed E-state index contributed by atoms with van der Waals surface area (Å²) in [4.78, 5) is 30.2. The summed E-state index contributed by atoms with van der Waals surface area (Å²) in [6.07, 6.45) is 2.81. The lowest BCUT2D eigenvalue weighted by Crippen LogP contribution is -2.39. The number of aromatic nitrogens is 2. The third-order valence-corrected chi connectivity index (χ3v) is 7.59. The Morgan fingerprint density at radius 2 is 2.03 bits per heavy atom. The number of halogens is 1. The van der Waals surface area contributed by atoms with Gasteiger partial charge in [-0.3, -0.25) is 4.79 Å². The first-order valence-electron chi connectivity index (χ1n) is 11.5. The van der Waals surface area contributed by atoms with Crippen LogP contribution in [0.3, 0.4) is 0 Å². The van der Waals surface area contributed by atoms with Crippen LogP contribution < -0.4 is 15.6 Å². The molecular weight excluding hydrogens is 496 g/mol. The number of rotatable bonds is 10. The summed E-state index contributed by atoms with van der Waals surface area (Å²) in [6.45, 7) is 7.01. The Balaban J connectivity index is 0.00000342. The van der Waals surface area contributed by atoms with E-state index in [0.29, 0.717) is 35.8 Å². The molecule has 2 heterocycles. The largest absolute Gasteiger partial charge is 0.513 e. The molecule has 3 N–H and O–H groups in total. The molecule has 0 atom stereocenters. The third kappa shape index (κ3) is 5.80. The van der Waals surface area contributed by atoms with Crippen molar-refractivity contribution in [3.8, 4) is 5.75 Å². The van der Waals surface area contributed by atoms with Gasteiger partial charge in [0.05, 0.1) is 16.9 Å². The maximum absolute atomic E-state index is 13.6. The van der Waals surface area contributed by atoms with Crippen LogP contribution in [-0.2, 0) is 14.8 Å². The molecule has 0 radical (unpaired) electrons. The van der Waals surface area contributed by atoms with Crippen LogP contribution in [0.25, 0.3) is 21.8 Å². The first kappa shape index (κ1) is 27.0. The fraction of sp³-hybridized carbons (Fsp3) is 0.478. The Labute approximate surface area is 209 Å². The van der Waals surface area contributed by atoms with Gasteiger partial charge in [-0.1, -0.05) is 20.8 Å². The van der Waals surface area contributed by atoms with Gasteiger partial charge in [0.15, 0.2) is 5.75 Å². The molecule has 0 bridgehead atoms. The Morgan fingerprint density at radius 1 is 1.29 bits per heavy atom. The van der Waals surface area contributed by atoms with Crippen LogP contribution in [0.2, 0.25) is 0 Å². The van der Waals surface area contributed by atoms with E-state index in [1.165, 1.54) is 18.3 Å². The molecule has 0 aliphatic heterocycles. The summed E-state index contributed by atoms with van der Waals surface area (Å²) >= 11 is 0. The lowest BCUT2D eigenvalue weighted by atomic mass is 10.1. The lowest BCUT2D eigenvalue weighted by molar-refractivity contribution is 0.0997. The van der Waals surface area contributed by atoms with Gasteiger partial charge >= 0.3 is 6.16 Å². The van der Waals surface area contributed by atoms with E-state index in [1.807, 2.05) is 20.8 Å². The minimum absolute atomic E-state index is 0. The molecule has 1 aromatic carbocycles. The van der Waals surface area contributed by atoms with E-state index in [4.69, 9.17) is 9.47 Å². The predicted octanol–water partition coefficient (Wildman–Crippen LogP) is 3.51. The second-order valence-electron chi connectivity index (χ2n) is 8.72. The van der Waals surface area contributed by atoms with Crippen LogP contribution in [0.5, 0.6) is 5.75 Å². The first-order valence-corrected chi connectivity index (χ1v) is 12.9. The molecule has 1 fully saturated rings. The van der Waals surface area contributed by atoms with Crippen molar-refractivity contribution in [2.45, 2.75) is 57.0 Å². The number of carbonyl (C=O) groups is 1. The van der Waals surface area contributed by atoms with E-state index >= 15 is 0 Å². The molecule has 12 heteroatoms. The summed E-state index contributed by atoms with van der Waals surface area (Å²) in [7, 11) is -3.78. The average molecular weight is 527 g/mol. The van der Waals surface area contributed by atoms with Crippen molar-refractivity contribution in [3.05, 3.63) is 34.7 Å². The monoisotopic (exact) mass is 526 g/mol. The lowest BCUT2D eigenvalue weighted by Gasteiger charge is -2.23. The van der Waals surface area contributed by atoms with E-state index in [2.05, 4.69) is 15.3 Å². The van der Waals surface area contributed by atoms with Gasteiger partial charge in [-0.15, -0.1) is 12.4 Å². The normalized spacial score (nSPS) is 14.0. The molecule has 2 aromatic heterocycles. The fourth-order valence-corrected chi connectivity index (χ4v) is 5.59. The second kappa shape index (κ2) is 11.0. The van der Waals surface area contributed by atoms with E-state index in [9.17, 15) is 18.0 Å². The quantitative estimate of drug-likeness (QED) is 0.344. The zero-order chi connectivity index (χ0) is 24.5. The smallest absolute Gasteiger partial charge is 0.434 e. The Hall–Kier alpha value is -2.60. The SMILES string of the molecule is CCCOC(=O)Oc1c[nH]c2c(=O)[nH]c3ccc(S(=O)(=O)N(CCNC(C)C)C4CC4)cc3c12.Cl. The summed E-state index contributed by atoms with van der Waals surface area (Å²) in [5.41, 5.74) is 0.206. The van der Waals surface area contributed by atoms with Crippen molar-refractivity contribution in [2.24, 2.45) is 0 Å². The van der Waals surface area contributed by atoms with E-state index in [-0.39, 0.29) is 47.3 Å². The van der Waals surface area contributed by atoms with E-state index in [1.54, 1.807) is 10.4 Å². The molecule has 0 unspecified atom stereocenters. The molecule has 4 rings (SSSR count). The standard InChI is InChI=1S/C23H30N4O6S.ClH/c1-4-11-32-23(29)33-19-13-25-21-20(19)17-12-16(7-8-18(17)26-22(21)28)34(30,31)27(15-5-6-15)10-9-24-14(2)3;/h7-8,12-15,24-25H,4-6,9-11H2,1-3H3,(H,26,28);1H. The zero-order valence-corrected chi connectivity index (χ0v) is 21.6. The number of hydrogen-bond acceptors (Lipinski definition) is 7. The number of fused-ring (bicyclic) bond motifs is 3. The van der Waals surface area contributed by atoms with Crippen LogP contribution in [-0.4, -0.2) is 60.6 Å². The zero-order valence-electron chi connectivity index (χ0n) is 19.9. The number of benzene rings is 1. The average Bonchev–Trinajstić information content (AvgIpc) is 3.54. The van der Waals surface area contributed by atoms with Gasteiger partial charge in [0, 0.05) is 42.3 Å². The molecular formula is C23H31ClN4O6S. The van der Waals surface area contributed by atoms with Crippen molar-refractivity contribution >= 4 is 50.4 Å². The fourth-order valence-electron chi connectivity index (χ4n) is 3.88. The predicted molar refractivity (Wildman–Crippen MR) is 136 cm³/mol. The number of hydrogen-bond donors (Lipinski definition) is 3. The van der Waals surface area contributed by atoms with Crippen molar-refractivity contribution in [2.75, 3.05) is 19.7 Å². The number of nitrogens with zero attached hydrogens (tertiary/aromatic N) is 1. The van der Waals surface area contributed by atoms with Gasteiger partial charge < -0.3 is 24.8 Å². The minimum atomic E-state index is -3.78. The van der Waals surface area contributed by atoms with Crippen LogP contribution in [0.4, 0.5) is 4.79 Å². The number of aromatic amines is 2. The molecule has 1 saturated carbocycles. The van der Waals surface area contributed by atoms with Crippen LogP contribution >= 0.6 is 12.4 Å². The Morgan fingerprint density at radius 3 is 2.69 bits per heavy atom. The summed E-state index contributed by atoms with van der Waals surface area (Å²) in [5.74, 6) is 0.0990. The number of ether oxygens (including phenoxy) is 2. The number of H-pyrrole nitrogens is 2. The minimum Gasteiger partial charge on any atom is -0.434 e. The van der Waals surface area contributed by atoms with Crippen molar-refractivity contribution in [1.82, 2.24) is 19.6 Å². The molecule has 0 saturated heterocycles. The number of nitrogens with one attached hydrogen (secondary N) is 3. The molecule has 1 aliphatic rings. The molecule has 10 nitrogen and oxygen atoms in total. The van der Waals surface area contributed by atoms with Crippen LogP contribution in [0.1, 0.15) is 40.0 Å². The maximum atomic E-state index is 13.6. The van der Waals surface area contributed by atoms with E-state index in [0.717, 1.165) is 12.8 Å². The third-order valence-electron chi connectivity index (χ3n) is 5.64. The van der Waals surface area contributed by atoms with Gasteiger partial charge in [-0.25, -0.2) is 13.2 Å². The highest BCUT2D eigenvalue weighted by atomic mass is 35.5. The molecule has 0 amide bonds. The van der Waals surface area contributed by atoms with Crippen molar-refractivity contribution < 1.29 is 22.7 Å². The molecule has 192 valence electrons. The number of carbonyl (C=O) groups excluding carboxylic acids is 1. The highest BCUT2D eigenvalue weighted by molar-refractivity contribution is 7.89. The summed E-state index contributed by atoms with van der Waals surface area (Å²) < 4.78 is 39.0. The maximum Gasteiger partial charge on any atom is 0.513 e. The van der Waals surface area contributed by atoms with Crippen LogP contribution in [0.15, 0.2) is 34.1 Å². The summed E-state index contributed by atoms with van der Waals surface area (Å²) in [5, 5.41) is 4.04. The van der Waals surface area contributed by atoms with Gasteiger partial charge in [0.2, 0.25) is 10.0 Å². The molecule has 35 heavy (non-hydrogen) atoms.